The van der Waals surface area contributed by atoms with Gasteiger partial charge in [-0.3, -0.25) is 4.79 Å². The number of thioether (sulfide) groups is 1. The number of carbonyl (C=O) groups excluding carboxylic acids is 1. The molecular weight excluding hydrogens is 220 g/mol. The molecule has 1 saturated heterocycles. The zero-order valence-electron chi connectivity index (χ0n) is 6.32. The first-order valence-electron chi connectivity index (χ1n) is 3.49. The van der Waals surface area contributed by atoms with E-state index in [1.54, 1.807) is 0 Å². The summed E-state index contributed by atoms with van der Waals surface area (Å²) in [4.78, 5) is 10.8. The average molecular weight is 229 g/mol. The van der Waals surface area contributed by atoms with E-state index in [4.69, 9.17) is 11.6 Å². The van der Waals surface area contributed by atoms with Crippen LogP contribution < -0.4 is 0 Å². The van der Waals surface area contributed by atoms with Crippen molar-refractivity contribution >= 4 is 38.3 Å². The molecule has 0 unspecified atom stereocenters. The van der Waals surface area contributed by atoms with E-state index >= 15 is 0 Å². The highest BCUT2D eigenvalue weighted by atomic mass is 35.5. The molecule has 1 aliphatic heterocycles. The highest BCUT2D eigenvalue weighted by Crippen LogP contribution is 2.24. The second-order valence-corrected chi connectivity index (χ2v) is 6.50. The van der Waals surface area contributed by atoms with Crippen LogP contribution in [0.4, 0.5) is 0 Å². The van der Waals surface area contributed by atoms with Gasteiger partial charge in [-0.1, -0.05) is 11.8 Å². The smallest absolute Gasteiger partial charge is 0.203 e. The molecule has 1 fully saturated rings. The number of carbonyl (C=O) groups is 1. The maximum Gasteiger partial charge on any atom is 0.203 e. The van der Waals surface area contributed by atoms with Gasteiger partial charge < -0.3 is 0 Å². The van der Waals surface area contributed by atoms with Gasteiger partial charge in [0.05, 0.1) is 17.4 Å². The number of alkyl halides is 1. The van der Waals surface area contributed by atoms with Crippen molar-refractivity contribution < 1.29 is 13.2 Å². The Morgan fingerprint density at radius 2 is 2.25 bits per heavy atom. The summed E-state index contributed by atoms with van der Waals surface area (Å²) in [7, 11) is -2.87. The summed E-state index contributed by atoms with van der Waals surface area (Å²) in [5, 5.41) is -0.208. The van der Waals surface area contributed by atoms with Crippen LogP contribution in [0.1, 0.15) is 6.42 Å². The Kier molecular flexibility index (Phi) is 3.43. The predicted molar refractivity (Wildman–Crippen MR) is 50.4 cm³/mol. The zero-order chi connectivity index (χ0) is 9.19. The van der Waals surface area contributed by atoms with Crippen molar-refractivity contribution in [2.24, 2.45) is 0 Å². The summed E-state index contributed by atoms with van der Waals surface area (Å²) in [5.74, 6) is 0.293. The fraction of sp³-hybridized carbons (Fsp3) is 0.833. The van der Waals surface area contributed by atoms with E-state index in [9.17, 15) is 13.2 Å². The molecule has 0 radical (unpaired) electrons. The lowest BCUT2D eigenvalue weighted by Gasteiger charge is -2.02. The van der Waals surface area contributed by atoms with Gasteiger partial charge in [-0.05, 0) is 6.42 Å². The second kappa shape index (κ2) is 3.98. The maximum absolute atomic E-state index is 11.0. The highest BCUT2D eigenvalue weighted by molar-refractivity contribution is 8.15. The van der Waals surface area contributed by atoms with Gasteiger partial charge in [0.1, 0.15) is 0 Å². The van der Waals surface area contributed by atoms with Gasteiger partial charge in [0, 0.05) is 5.25 Å². The summed E-state index contributed by atoms with van der Waals surface area (Å²) in [6, 6.07) is 0. The minimum absolute atomic E-state index is 0.0405. The molecule has 0 aromatic heterocycles. The van der Waals surface area contributed by atoms with Gasteiger partial charge >= 0.3 is 0 Å². The SMILES string of the molecule is O=C(CCl)S[C@@H]1CCS(=O)(=O)C1. The monoisotopic (exact) mass is 228 g/mol. The Labute approximate surface area is 80.8 Å². The van der Waals surface area contributed by atoms with Crippen molar-refractivity contribution in [3.05, 3.63) is 0 Å². The Bertz CT molecular complexity index is 273. The third-order valence-electron chi connectivity index (χ3n) is 1.60. The first-order valence-corrected chi connectivity index (χ1v) is 6.73. The molecule has 0 bridgehead atoms. The largest absolute Gasteiger partial charge is 0.286 e. The average Bonchev–Trinajstić information content (AvgIpc) is 2.30. The van der Waals surface area contributed by atoms with Gasteiger partial charge in [-0.2, -0.15) is 0 Å². The quantitative estimate of drug-likeness (QED) is 0.652. The molecule has 0 aliphatic carbocycles. The number of halogens is 1. The standard InChI is InChI=1S/C6H9ClO3S2/c7-3-6(8)11-5-1-2-12(9,10)4-5/h5H,1-4H2/t5-/m1/s1. The van der Waals surface area contributed by atoms with Crippen LogP contribution in [-0.4, -0.2) is 36.2 Å². The van der Waals surface area contributed by atoms with Crippen molar-refractivity contribution in [1.29, 1.82) is 0 Å². The molecule has 1 heterocycles. The molecule has 0 saturated carbocycles. The van der Waals surface area contributed by atoms with Gasteiger partial charge in [0.25, 0.3) is 0 Å². The third kappa shape index (κ3) is 2.95. The van der Waals surface area contributed by atoms with Crippen LogP contribution in [0.5, 0.6) is 0 Å². The topological polar surface area (TPSA) is 51.2 Å². The van der Waals surface area contributed by atoms with E-state index in [0.29, 0.717) is 6.42 Å². The number of hydrogen-bond acceptors (Lipinski definition) is 4. The molecule has 1 atom stereocenters. The lowest BCUT2D eigenvalue weighted by molar-refractivity contribution is -0.108. The maximum atomic E-state index is 11.0. The fourth-order valence-electron chi connectivity index (χ4n) is 1.07. The van der Waals surface area contributed by atoms with E-state index in [0.717, 1.165) is 11.8 Å². The molecule has 1 rings (SSSR count). The van der Waals surface area contributed by atoms with Gasteiger partial charge in [-0.15, -0.1) is 11.6 Å². The molecule has 1 aliphatic rings. The van der Waals surface area contributed by atoms with Crippen molar-refractivity contribution in [2.45, 2.75) is 11.7 Å². The van der Waals surface area contributed by atoms with Crippen molar-refractivity contribution in [1.82, 2.24) is 0 Å². The molecule has 6 heteroatoms. The van der Waals surface area contributed by atoms with E-state index in [1.807, 2.05) is 0 Å². The van der Waals surface area contributed by atoms with Crippen LogP contribution >= 0.6 is 23.4 Å². The minimum Gasteiger partial charge on any atom is -0.286 e. The molecular formula is C6H9ClO3S2. The van der Waals surface area contributed by atoms with E-state index < -0.39 is 9.84 Å². The summed E-state index contributed by atoms with van der Waals surface area (Å²) in [6.07, 6.45) is 0.579. The van der Waals surface area contributed by atoms with Crippen LogP contribution in [-0.2, 0) is 14.6 Å². The van der Waals surface area contributed by atoms with Crippen LogP contribution in [0, 0.1) is 0 Å². The molecule has 12 heavy (non-hydrogen) atoms. The normalized spacial score (nSPS) is 27.2. The molecule has 0 aromatic carbocycles. The van der Waals surface area contributed by atoms with Crippen LogP contribution in [0.3, 0.4) is 0 Å². The summed E-state index contributed by atoms with van der Waals surface area (Å²) >= 11 is 6.34. The Hall–Kier alpha value is 0.260. The summed E-state index contributed by atoms with van der Waals surface area (Å²) < 4.78 is 21.9. The van der Waals surface area contributed by atoms with Crippen LogP contribution in [0.25, 0.3) is 0 Å². The minimum atomic E-state index is -2.87. The Morgan fingerprint density at radius 1 is 1.58 bits per heavy atom. The highest BCUT2D eigenvalue weighted by Gasteiger charge is 2.29. The van der Waals surface area contributed by atoms with E-state index in [-0.39, 0.29) is 27.8 Å². The lowest BCUT2D eigenvalue weighted by atomic mass is 10.4. The predicted octanol–water partition coefficient (Wildman–Crippen LogP) is 0.672. The molecule has 70 valence electrons. The van der Waals surface area contributed by atoms with E-state index in [2.05, 4.69) is 0 Å². The summed E-state index contributed by atoms with van der Waals surface area (Å²) in [5.41, 5.74) is 0. The van der Waals surface area contributed by atoms with Gasteiger partial charge in [-0.25, -0.2) is 8.42 Å². The first kappa shape index (κ1) is 10.3. The molecule has 0 spiro atoms. The van der Waals surface area contributed by atoms with Gasteiger partial charge in [0.15, 0.2) is 9.84 Å². The fourth-order valence-corrected chi connectivity index (χ4v) is 4.52. The van der Waals surface area contributed by atoms with Crippen molar-refractivity contribution in [2.75, 3.05) is 17.4 Å². The zero-order valence-corrected chi connectivity index (χ0v) is 8.71. The number of hydrogen-bond donors (Lipinski definition) is 0. The van der Waals surface area contributed by atoms with Crippen LogP contribution in [0.2, 0.25) is 0 Å². The second-order valence-electron chi connectivity index (χ2n) is 2.65. The molecule has 0 aromatic rings. The van der Waals surface area contributed by atoms with Gasteiger partial charge in [0.2, 0.25) is 5.12 Å². The number of sulfone groups is 1. The Balaban J connectivity index is 2.43. The number of rotatable bonds is 2. The van der Waals surface area contributed by atoms with Crippen LogP contribution in [0.15, 0.2) is 0 Å². The Morgan fingerprint density at radius 3 is 2.67 bits per heavy atom. The van der Waals surface area contributed by atoms with E-state index in [1.165, 1.54) is 0 Å². The lowest BCUT2D eigenvalue weighted by Crippen LogP contribution is -2.09. The first-order chi connectivity index (χ1) is 5.53. The summed E-state index contributed by atoms with van der Waals surface area (Å²) in [6.45, 7) is 0. The third-order valence-corrected chi connectivity index (χ3v) is 5.12. The molecule has 0 N–H and O–H groups in total. The van der Waals surface area contributed by atoms with Crippen molar-refractivity contribution in [3.8, 4) is 0 Å². The molecule has 3 nitrogen and oxygen atoms in total. The van der Waals surface area contributed by atoms with Crippen molar-refractivity contribution in [3.63, 3.8) is 0 Å². The molecule has 0 amide bonds.